The lowest BCUT2D eigenvalue weighted by Gasteiger charge is -2.50. The van der Waals surface area contributed by atoms with E-state index in [2.05, 4.69) is 5.32 Å². The van der Waals surface area contributed by atoms with Gasteiger partial charge in [-0.2, -0.15) is 0 Å². The van der Waals surface area contributed by atoms with Gasteiger partial charge in [-0.15, -0.1) is 0 Å². The number of amides is 2. The minimum Gasteiger partial charge on any atom is -0.376 e. The van der Waals surface area contributed by atoms with Crippen LogP contribution < -0.4 is 5.32 Å². The van der Waals surface area contributed by atoms with Gasteiger partial charge in [0.15, 0.2) is 0 Å². The summed E-state index contributed by atoms with van der Waals surface area (Å²) < 4.78 is 5.86. The third-order valence-electron chi connectivity index (χ3n) is 6.39. The van der Waals surface area contributed by atoms with Crippen molar-refractivity contribution in [3.05, 3.63) is 35.4 Å². The fraction of sp³-hybridized carbons (Fsp3) is 0.636. The van der Waals surface area contributed by atoms with Crippen molar-refractivity contribution in [1.29, 1.82) is 0 Å². The van der Waals surface area contributed by atoms with E-state index in [-0.39, 0.29) is 29.9 Å². The van der Waals surface area contributed by atoms with Crippen LogP contribution in [-0.2, 0) is 9.53 Å². The van der Waals surface area contributed by atoms with E-state index in [1.54, 1.807) is 0 Å². The van der Waals surface area contributed by atoms with Crippen LogP contribution in [0.25, 0.3) is 0 Å². The molecule has 0 unspecified atom stereocenters. The Hall–Kier alpha value is -1.88. The average molecular weight is 370 g/mol. The molecule has 1 saturated carbocycles. The fourth-order valence-electron chi connectivity index (χ4n) is 5.29. The molecule has 1 saturated heterocycles. The van der Waals surface area contributed by atoms with E-state index in [1.165, 1.54) is 0 Å². The van der Waals surface area contributed by atoms with Crippen LogP contribution in [0.4, 0.5) is 0 Å². The summed E-state index contributed by atoms with van der Waals surface area (Å²) in [5, 5.41) is 3.13. The summed E-state index contributed by atoms with van der Waals surface area (Å²) in [4.78, 5) is 28.9. The molecule has 5 heteroatoms. The molecule has 5 nitrogen and oxygen atoms in total. The zero-order valence-corrected chi connectivity index (χ0v) is 16.4. The van der Waals surface area contributed by atoms with E-state index in [1.807, 2.05) is 43.0 Å². The van der Waals surface area contributed by atoms with Crippen LogP contribution in [0.5, 0.6) is 0 Å². The van der Waals surface area contributed by atoms with Gasteiger partial charge in [-0.1, -0.05) is 31.0 Å². The number of ether oxygens (including phenoxy) is 1. The number of carbonyl (C=O) groups excluding carboxylic acids is 2. The Labute approximate surface area is 161 Å². The molecule has 2 amide bonds. The van der Waals surface area contributed by atoms with E-state index in [0.717, 1.165) is 50.7 Å². The minimum absolute atomic E-state index is 0.0455. The van der Waals surface area contributed by atoms with Crippen LogP contribution in [0.3, 0.4) is 0 Å². The van der Waals surface area contributed by atoms with Crippen molar-refractivity contribution in [3.63, 3.8) is 0 Å². The fourth-order valence-corrected chi connectivity index (χ4v) is 5.29. The molecule has 2 fully saturated rings. The summed E-state index contributed by atoms with van der Waals surface area (Å²) in [7, 11) is 0. The second kappa shape index (κ2) is 7.27. The molecule has 0 bridgehead atoms. The van der Waals surface area contributed by atoms with Crippen molar-refractivity contribution in [2.75, 3.05) is 13.2 Å². The Morgan fingerprint density at radius 2 is 2.00 bits per heavy atom. The van der Waals surface area contributed by atoms with Crippen molar-refractivity contribution in [3.8, 4) is 0 Å². The van der Waals surface area contributed by atoms with Gasteiger partial charge in [-0.05, 0) is 51.2 Å². The molecular formula is C22H30N2O3. The number of carbonyl (C=O) groups is 2. The first-order valence-electron chi connectivity index (χ1n) is 10.4. The third kappa shape index (κ3) is 3.16. The monoisotopic (exact) mass is 370 g/mol. The van der Waals surface area contributed by atoms with Crippen LogP contribution in [-0.4, -0.2) is 47.6 Å². The summed E-state index contributed by atoms with van der Waals surface area (Å²) >= 11 is 0. The molecule has 4 rings (SSSR count). The van der Waals surface area contributed by atoms with Gasteiger partial charge in [0.1, 0.15) is 0 Å². The topological polar surface area (TPSA) is 58.6 Å². The number of hydrogen-bond donors (Lipinski definition) is 1. The Kier molecular flexibility index (Phi) is 4.97. The molecular weight excluding hydrogens is 340 g/mol. The van der Waals surface area contributed by atoms with E-state index in [0.29, 0.717) is 12.1 Å². The van der Waals surface area contributed by atoms with E-state index in [9.17, 15) is 9.59 Å². The van der Waals surface area contributed by atoms with Gasteiger partial charge in [-0.25, -0.2) is 0 Å². The second-order valence-corrected chi connectivity index (χ2v) is 8.55. The van der Waals surface area contributed by atoms with Crippen molar-refractivity contribution in [2.24, 2.45) is 0 Å². The third-order valence-corrected chi connectivity index (χ3v) is 6.39. The lowest BCUT2D eigenvalue weighted by molar-refractivity contribution is -0.127. The molecule has 1 aliphatic carbocycles. The first-order chi connectivity index (χ1) is 13.0. The SMILES string of the molecule is CC(C)NC(=O)[C@@H]1c2ccccc2C(=O)N(C[C@@H]2CCCO2)C12CCCC2. The minimum atomic E-state index is -0.420. The zero-order chi connectivity index (χ0) is 19.0. The molecule has 3 aliphatic rings. The molecule has 146 valence electrons. The second-order valence-electron chi connectivity index (χ2n) is 8.55. The molecule has 0 aromatic heterocycles. The predicted octanol–water partition coefficient (Wildman–Crippen LogP) is 3.24. The summed E-state index contributed by atoms with van der Waals surface area (Å²) in [5.41, 5.74) is 1.15. The molecule has 0 radical (unpaired) electrons. The maximum atomic E-state index is 13.5. The van der Waals surface area contributed by atoms with Crippen LogP contribution in [0, 0.1) is 0 Å². The Morgan fingerprint density at radius 1 is 1.26 bits per heavy atom. The van der Waals surface area contributed by atoms with Crippen LogP contribution >= 0.6 is 0 Å². The first-order valence-corrected chi connectivity index (χ1v) is 10.4. The van der Waals surface area contributed by atoms with Gasteiger partial charge in [0.05, 0.1) is 17.6 Å². The van der Waals surface area contributed by atoms with Crippen molar-refractivity contribution >= 4 is 11.8 Å². The van der Waals surface area contributed by atoms with Crippen LogP contribution in [0.15, 0.2) is 24.3 Å². The van der Waals surface area contributed by atoms with Crippen molar-refractivity contribution < 1.29 is 14.3 Å². The lowest BCUT2D eigenvalue weighted by atomic mass is 9.70. The summed E-state index contributed by atoms with van der Waals surface area (Å²) in [6.07, 6.45) is 6.01. The van der Waals surface area contributed by atoms with Gasteiger partial charge < -0.3 is 15.0 Å². The predicted molar refractivity (Wildman–Crippen MR) is 104 cm³/mol. The molecule has 2 atom stereocenters. The standard InChI is InChI=1S/C22H30N2O3/c1-15(2)23-20(25)19-17-9-3-4-10-18(17)21(26)24(14-16-8-7-13-27-16)22(19)11-5-6-12-22/h3-4,9-10,15-16,19H,5-8,11-14H2,1-2H3,(H,23,25)/t16-,19-/m0/s1. The Bertz CT molecular complexity index is 718. The highest BCUT2D eigenvalue weighted by Gasteiger charge is 2.56. The average Bonchev–Trinajstić information content (AvgIpc) is 3.31. The largest absolute Gasteiger partial charge is 0.376 e. The van der Waals surface area contributed by atoms with Gasteiger partial charge in [0.25, 0.3) is 5.91 Å². The van der Waals surface area contributed by atoms with E-state index < -0.39 is 5.54 Å². The summed E-state index contributed by atoms with van der Waals surface area (Å²) in [6, 6.07) is 7.76. The highest BCUT2D eigenvalue weighted by Crippen LogP contribution is 2.50. The van der Waals surface area contributed by atoms with Crippen molar-refractivity contribution in [1.82, 2.24) is 10.2 Å². The lowest BCUT2D eigenvalue weighted by Crippen LogP contribution is -2.62. The summed E-state index contributed by atoms with van der Waals surface area (Å²) in [6.45, 7) is 5.35. The number of nitrogens with one attached hydrogen (secondary N) is 1. The highest BCUT2D eigenvalue weighted by atomic mass is 16.5. The number of hydrogen-bond acceptors (Lipinski definition) is 3. The number of nitrogens with zero attached hydrogens (tertiary/aromatic N) is 1. The number of benzene rings is 1. The Morgan fingerprint density at radius 3 is 2.67 bits per heavy atom. The van der Waals surface area contributed by atoms with Gasteiger partial charge in [-0.3, -0.25) is 9.59 Å². The van der Waals surface area contributed by atoms with E-state index in [4.69, 9.17) is 4.74 Å². The Balaban J connectivity index is 1.79. The smallest absolute Gasteiger partial charge is 0.254 e. The zero-order valence-electron chi connectivity index (χ0n) is 16.4. The molecule has 2 aliphatic heterocycles. The van der Waals surface area contributed by atoms with Crippen LogP contribution in [0.1, 0.15) is 74.2 Å². The molecule has 1 spiro atoms. The number of rotatable bonds is 4. The molecule has 1 aromatic carbocycles. The van der Waals surface area contributed by atoms with Crippen molar-refractivity contribution in [2.45, 2.75) is 76.0 Å². The number of fused-ring (bicyclic) bond motifs is 1. The highest BCUT2D eigenvalue weighted by molar-refractivity contribution is 6.02. The maximum Gasteiger partial charge on any atom is 0.254 e. The van der Waals surface area contributed by atoms with Crippen LogP contribution in [0.2, 0.25) is 0 Å². The molecule has 1 N–H and O–H groups in total. The van der Waals surface area contributed by atoms with Gasteiger partial charge >= 0.3 is 0 Å². The van der Waals surface area contributed by atoms with E-state index >= 15 is 0 Å². The maximum absolute atomic E-state index is 13.5. The normalized spacial score (nSPS) is 26.6. The van der Waals surface area contributed by atoms with Gasteiger partial charge in [0, 0.05) is 24.8 Å². The molecule has 2 heterocycles. The molecule has 1 aromatic rings. The molecule has 27 heavy (non-hydrogen) atoms. The van der Waals surface area contributed by atoms with Gasteiger partial charge in [0.2, 0.25) is 5.91 Å². The summed E-state index contributed by atoms with van der Waals surface area (Å²) in [5.74, 6) is -0.196. The quantitative estimate of drug-likeness (QED) is 0.885. The first kappa shape index (κ1) is 18.5.